The van der Waals surface area contributed by atoms with Crippen LogP contribution in [-0.4, -0.2) is 29.9 Å². The fraction of sp³-hybridized carbons (Fsp3) is 0.429. The van der Waals surface area contributed by atoms with Gasteiger partial charge in [-0.25, -0.2) is 9.18 Å². The second-order valence-electron chi connectivity index (χ2n) is 4.73. The summed E-state index contributed by atoms with van der Waals surface area (Å²) >= 11 is 5.76. The summed E-state index contributed by atoms with van der Waals surface area (Å²) < 4.78 is 17.9. The Morgan fingerprint density at radius 2 is 2.25 bits per heavy atom. The van der Waals surface area contributed by atoms with Crippen molar-refractivity contribution >= 4 is 23.5 Å². The molecule has 1 aromatic rings. The molecule has 1 aliphatic rings. The molecule has 1 saturated heterocycles. The van der Waals surface area contributed by atoms with Crippen LogP contribution in [0.25, 0.3) is 0 Å². The molecule has 0 aliphatic carbocycles. The van der Waals surface area contributed by atoms with Gasteiger partial charge in [0.25, 0.3) is 0 Å². The number of esters is 1. The molecule has 0 bridgehead atoms. The van der Waals surface area contributed by atoms with Gasteiger partial charge in [0.2, 0.25) is 5.91 Å². The Balaban J connectivity index is 2.29. The number of benzene rings is 1. The number of carbonyl (C=O) groups is 2. The number of carbonyl (C=O) groups excluding carboxylic acids is 2. The first kappa shape index (κ1) is 14.8. The molecule has 20 heavy (non-hydrogen) atoms. The van der Waals surface area contributed by atoms with E-state index in [-0.39, 0.29) is 17.0 Å². The number of methoxy groups -OCH3 is 1. The number of ether oxygens (including phenoxy) is 1. The molecule has 2 atom stereocenters. The molecule has 1 fully saturated rings. The van der Waals surface area contributed by atoms with Gasteiger partial charge in [-0.05, 0) is 31.0 Å². The van der Waals surface area contributed by atoms with Crippen LogP contribution in [-0.2, 0) is 14.3 Å². The minimum Gasteiger partial charge on any atom is -0.467 e. The molecule has 4 nitrogen and oxygen atoms in total. The van der Waals surface area contributed by atoms with E-state index in [1.807, 2.05) is 0 Å². The van der Waals surface area contributed by atoms with Gasteiger partial charge >= 0.3 is 5.97 Å². The number of amides is 1. The number of hydrogen-bond acceptors (Lipinski definition) is 3. The van der Waals surface area contributed by atoms with Crippen molar-refractivity contribution in [3.63, 3.8) is 0 Å². The summed E-state index contributed by atoms with van der Waals surface area (Å²) in [4.78, 5) is 25.2. The Morgan fingerprint density at radius 1 is 1.55 bits per heavy atom. The summed E-state index contributed by atoms with van der Waals surface area (Å²) in [5.41, 5.74) is 0.681. The maximum atomic E-state index is 13.2. The third-order valence-electron chi connectivity index (χ3n) is 3.57. The first-order valence-electron chi connectivity index (χ1n) is 6.29. The van der Waals surface area contributed by atoms with E-state index in [0.717, 1.165) is 0 Å². The van der Waals surface area contributed by atoms with Crippen molar-refractivity contribution in [3.8, 4) is 0 Å². The summed E-state index contributed by atoms with van der Waals surface area (Å²) in [6.07, 6.45) is 0.740. The third-order valence-corrected chi connectivity index (χ3v) is 3.86. The van der Waals surface area contributed by atoms with Crippen LogP contribution in [0.4, 0.5) is 4.39 Å². The fourth-order valence-electron chi connectivity index (χ4n) is 2.49. The van der Waals surface area contributed by atoms with E-state index in [9.17, 15) is 14.0 Å². The zero-order valence-electron chi connectivity index (χ0n) is 11.2. The average Bonchev–Trinajstić information content (AvgIpc) is 2.82. The molecular weight excluding hydrogens is 285 g/mol. The van der Waals surface area contributed by atoms with E-state index in [0.29, 0.717) is 18.4 Å². The van der Waals surface area contributed by atoms with Crippen molar-refractivity contribution in [1.82, 2.24) is 4.90 Å². The Labute approximate surface area is 121 Å². The maximum absolute atomic E-state index is 13.2. The topological polar surface area (TPSA) is 46.6 Å². The third kappa shape index (κ3) is 2.63. The summed E-state index contributed by atoms with van der Waals surface area (Å²) in [5.74, 6) is -1.07. The van der Waals surface area contributed by atoms with Crippen LogP contribution in [0.15, 0.2) is 18.2 Å². The molecule has 1 heterocycles. The van der Waals surface area contributed by atoms with Crippen molar-refractivity contribution in [2.24, 2.45) is 0 Å². The minimum absolute atomic E-state index is 0.00406. The van der Waals surface area contributed by atoms with E-state index in [1.165, 1.54) is 24.1 Å². The van der Waals surface area contributed by atoms with Crippen LogP contribution in [0.1, 0.15) is 31.4 Å². The first-order chi connectivity index (χ1) is 9.45. The van der Waals surface area contributed by atoms with E-state index >= 15 is 0 Å². The SMILES string of the molecule is COC(=O)C1CCC(=O)N1C(C)c1ccc(F)c(Cl)c1. The van der Waals surface area contributed by atoms with Gasteiger partial charge in [0.05, 0.1) is 18.2 Å². The molecule has 0 spiro atoms. The van der Waals surface area contributed by atoms with E-state index in [2.05, 4.69) is 0 Å². The number of nitrogens with zero attached hydrogens (tertiary/aromatic N) is 1. The molecule has 1 aromatic carbocycles. The average molecular weight is 300 g/mol. The van der Waals surface area contributed by atoms with Crippen LogP contribution in [0, 0.1) is 5.82 Å². The van der Waals surface area contributed by atoms with Crippen molar-refractivity contribution in [2.45, 2.75) is 31.8 Å². The van der Waals surface area contributed by atoms with Gasteiger partial charge in [0.1, 0.15) is 11.9 Å². The lowest BCUT2D eigenvalue weighted by Gasteiger charge is -2.29. The van der Waals surface area contributed by atoms with Crippen LogP contribution in [0.3, 0.4) is 0 Å². The van der Waals surface area contributed by atoms with Crippen molar-refractivity contribution in [1.29, 1.82) is 0 Å². The molecule has 0 saturated carbocycles. The molecule has 1 amide bonds. The van der Waals surface area contributed by atoms with Gasteiger partial charge in [-0.2, -0.15) is 0 Å². The highest BCUT2D eigenvalue weighted by Crippen LogP contribution is 2.32. The number of halogens is 2. The molecule has 2 rings (SSSR count). The largest absolute Gasteiger partial charge is 0.467 e. The summed E-state index contributed by atoms with van der Waals surface area (Å²) in [6, 6.07) is 3.33. The van der Waals surface area contributed by atoms with Crippen LogP contribution in [0.2, 0.25) is 5.02 Å². The maximum Gasteiger partial charge on any atom is 0.328 e. The molecule has 0 radical (unpaired) electrons. The van der Waals surface area contributed by atoms with Crippen LogP contribution >= 0.6 is 11.6 Å². The minimum atomic E-state index is -0.591. The van der Waals surface area contributed by atoms with Crippen LogP contribution < -0.4 is 0 Å². The van der Waals surface area contributed by atoms with Crippen molar-refractivity contribution < 1.29 is 18.7 Å². The van der Waals surface area contributed by atoms with Crippen molar-refractivity contribution in [3.05, 3.63) is 34.6 Å². The summed E-state index contributed by atoms with van der Waals surface area (Å²) in [5, 5.41) is -0.00406. The van der Waals surface area contributed by atoms with Crippen LogP contribution in [0.5, 0.6) is 0 Å². The zero-order valence-corrected chi connectivity index (χ0v) is 12.0. The fourth-order valence-corrected chi connectivity index (χ4v) is 2.68. The lowest BCUT2D eigenvalue weighted by Crippen LogP contribution is -2.40. The van der Waals surface area contributed by atoms with Gasteiger partial charge in [-0.15, -0.1) is 0 Å². The highest BCUT2D eigenvalue weighted by molar-refractivity contribution is 6.30. The first-order valence-corrected chi connectivity index (χ1v) is 6.67. The molecule has 0 aromatic heterocycles. The summed E-state index contributed by atoms with van der Waals surface area (Å²) in [7, 11) is 1.29. The van der Waals surface area contributed by atoms with E-state index in [4.69, 9.17) is 16.3 Å². The predicted molar refractivity (Wildman–Crippen MR) is 71.7 cm³/mol. The second kappa shape index (κ2) is 5.79. The van der Waals surface area contributed by atoms with Gasteiger partial charge in [-0.1, -0.05) is 17.7 Å². The smallest absolute Gasteiger partial charge is 0.328 e. The summed E-state index contributed by atoms with van der Waals surface area (Å²) in [6.45, 7) is 1.78. The highest BCUT2D eigenvalue weighted by Gasteiger charge is 2.39. The number of likely N-dealkylation sites (tertiary alicyclic amines) is 1. The molecule has 0 N–H and O–H groups in total. The molecular formula is C14H15ClFNO3. The number of rotatable bonds is 3. The molecule has 1 aliphatic heterocycles. The number of hydrogen-bond donors (Lipinski definition) is 0. The Hall–Kier alpha value is -1.62. The quantitative estimate of drug-likeness (QED) is 0.806. The van der Waals surface area contributed by atoms with Gasteiger partial charge in [-0.3, -0.25) is 4.79 Å². The molecule has 108 valence electrons. The standard InChI is InChI=1S/C14H15ClFNO3/c1-8(9-3-4-11(16)10(15)7-9)17-12(14(19)20-2)5-6-13(17)18/h3-4,7-8,12H,5-6H2,1-2H3. The van der Waals surface area contributed by atoms with Crippen molar-refractivity contribution in [2.75, 3.05) is 7.11 Å². The monoisotopic (exact) mass is 299 g/mol. The zero-order chi connectivity index (χ0) is 14.9. The molecule has 2 unspecified atom stereocenters. The second-order valence-corrected chi connectivity index (χ2v) is 5.14. The molecule has 6 heteroatoms. The van der Waals surface area contributed by atoms with Gasteiger partial charge < -0.3 is 9.64 Å². The predicted octanol–water partition coefficient (Wildman–Crippen LogP) is 2.70. The highest BCUT2D eigenvalue weighted by atomic mass is 35.5. The van der Waals surface area contributed by atoms with E-state index < -0.39 is 17.8 Å². The van der Waals surface area contributed by atoms with Gasteiger partial charge in [0, 0.05) is 6.42 Å². The van der Waals surface area contributed by atoms with E-state index in [1.54, 1.807) is 13.0 Å². The lowest BCUT2D eigenvalue weighted by molar-refractivity contribution is -0.150. The Morgan fingerprint density at radius 3 is 2.85 bits per heavy atom. The Bertz CT molecular complexity index is 549. The Kier molecular flexibility index (Phi) is 4.28. The van der Waals surface area contributed by atoms with Gasteiger partial charge in [0.15, 0.2) is 0 Å². The normalized spacial score (nSPS) is 20.1. The lowest BCUT2D eigenvalue weighted by atomic mass is 10.1.